The first kappa shape index (κ1) is 19.5. The van der Waals surface area contributed by atoms with Crippen LogP contribution in [0.25, 0.3) is 11.4 Å². The van der Waals surface area contributed by atoms with Gasteiger partial charge in [-0.1, -0.05) is 41.9 Å². The summed E-state index contributed by atoms with van der Waals surface area (Å²) in [5.74, 6) is 0.992. The molecular formula is C22H24ClN5O. The van der Waals surface area contributed by atoms with Gasteiger partial charge in [-0.2, -0.15) is 0 Å². The van der Waals surface area contributed by atoms with Crippen LogP contribution in [0.4, 0.5) is 10.5 Å². The van der Waals surface area contributed by atoms with Gasteiger partial charge in [-0.15, -0.1) is 0 Å². The van der Waals surface area contributed by atoms with Gasteiger partial charge in [0.15, 0.2) is 0 Å². The molecule has 29 heavy (non-hydrogen) atoms. The van der Waals surface area contributed by atoms with E-state index in [0.29, 0.717) is 5.02 Å². The molecule has 6 nitrogen and oxygen atoms in total. The first-order valence-corrected chi connectivity index (χ1v) is 10.2. The van der Waals surface area contributed by atoms with Gasteiger partial charge in [0.25, 0.3) is 0 Å². The Bertz CT molecular complexity index is 933. The maximum Gasteiger partial charge on any atom is 0.321 e. The molecule has 1 fully saturated rings. The molecule has 0 unspecified atom stereocenters. The Kier molecular flexibility index (Phi) is 6.12. The number of aromatic nitrogens is 2. The van der Waals surface area contributed by atoms with Crippen molar-refractivity contribution in [3.8, 4) is 11.4 Å². The fourth-order valence-electron chi connectivity index (χ4n) is 3.50. The molecule has 1 aliphatic rings. The molecular weight excluding hydrogens is 386 g/mol. The number of nitrogens with zero attached hydrogens (tertiary/aromatic N) is 4. The topological polar surface area (TPSA) is 53.4 Å². The highest BCUT2D eigenvalue weighted by molar-refractivity contribution is 6.30. The highest BCUT2D eigenvalue weighted by atomic mass is 35.5. The van der Waals surface area contributed by atoms with Gasteiger partial charge in [-0.25, -0.2) is 9.78 Å². The second kappa shape index (κ2) is 9.11. The first-order valence-electron chi connectivity index (χ1n) is 9.79. The average molecular weight is 410 g/mol. The predicted molar refractivity (Wildman–Crippen MR) is 116 cm³/mol. The molecule has 0 bridgehead atoms. The minimum absolute atomic E-state index is 0.0621. The van der Waals surface area contributed by atoms with Crippen LogP contribution >= 0.6 is 11.6 Å². The van der Waals surface area contributed by atoms with E-state index in [2.05, 4.69) is 31.9 Å². The predicted octanol–water partition coefficient (Wildman–Crippen LogP) is 4.05. The summed E-state index contributed by atoms with van der Waals surface area (Å²) in [4.78, 5) is 21.2. The van der Waals surface area contributed by atoms with E-state index in [4.69, 9.17) is 11.6 Å². The highest BCUT2D eigenvalue weighted by Gasteiger charge is 2.21. The van der Waals surface area contributed by atoms with Crippen molar-refractivity contribution in [3.05, 3.63) is 72.0 Å². The maximum absolute atomic E-state index is 12.5. The Balaban J connectivity index is 1.26. The van der Waals surface area contributed by atoms with Gasteiger partial charge in [0.2, 0.25) is 0 Å². The Morgan fingerprint density at radius 3 is 2.41 bits per heavy atom. The van der Waals surface area contributed by atoms with E-state index in [0.717, 1.165) is 56.3 Å². The third-order valence-corrected chi connectivity index (χ3v) is 5.41. The van der Waals surface area contributed by atoms with E-state index in [1.54, 1.807) is 12.1 Å². The number of halogens is 1. The summed E-state index contributed by atoms with van der Waals surface area (Å²) in [6.45, 7) is 4.97. The molecule has 150 valence electrons. The Morgan fingerprint density at radius 1 is 0.966 bits per heavy atom. The summed E-state index contributed by atoms with van der Waals surface area (Å²) < 4.78 is 2.19. The third-order valence-electron chi connectivity index (χ3n) is 5.16. The Morgan fingerprint density at radius 2 is 1.69 bits per heavy atom. The zero-order chi connectivity index (χ0) is 20.1. The van der Waals surface area contributed by atoms with E-state index in [9.17, 15) is 4.79 Å². The molecule has 2 aromatic carbocycles. The Labute approximate surface area is 175 Å². The summed E-state index contributed by atoms with van der Waals surface area (Å²) in [6, 6.07) is 17.3. The molecule has 2 heterocycles. The zero-order valence-electron chi connectivity index (χ0n) is 16.2. The van der Waals surface area contributed by atoms with E-state index in [-0.39, 0.29) is 6.03 Å². The summed E-state index contributed by atoms with van der Waals surface area (Å²) in [7, 11) is 0. The van der Waals surface area contributed by atoms with Crippen LogP contribution in [0.3, 0.4) is 0 Å². The average Bonchev–Trinajstić information content (AvgIpc) is 3.23. The summed E-state index contributed by atoms with van der Waals surface area (Å²) in [5.41, 5.74) is 1.89. The number of imidazole rings is 1. The van der Waals surface area contributed by atoms with E-state index in [1.807, 2.05) is 47.6 Å². The van der Waals surface area contributed by atoms with Crippen LogP contribution in [-0.4, -0.2) is 58.1 Å². The lowest BCUT2D eigenvalue weighted by Gasteiger charge is -2.34. The molecule has 0 saturated carbocycles. The number of anilines is 1. The molecule has 1 saturated heterocycles. The molecule has 4 rings (SSSR count). The van der Waals surface area contributed by atoms with Crippen LogP contribution in [0.15, 0.2) is 67.0 Å². The molecule has 7 heteroatoms. The van der Waals surface area contributed by atoms with Crippen molar-refractivity contribution >= 4 is 23.3 Å². The zero-order valence-corrected chi connectivity index (χ0v) is 16.9. The van der Waals surface area contributed by atoms with Crippen LogP contribution in [0.5, 0.6) is 0 Å². The third kappa shape index (κ3) is 4.96. The molecule has 0 atom stereocenters. The van der Waals surface area contributed by atoms with Crippen molar-refractivity contribution < 1.29 is 4.79 Å². The lowest BCUT2D eigenvalue weighted by atomic mass is 10.2. The number of hydrogen-bond donors (Lipinski definition) is 1. The molecule has 1 aliphatic heterocycles. The first-order chi connectivity index (χ1) is 14.2. The number of benzene rings is 2. The number of carbonyl (C=O) groups is 1. The van der Waals surface area contributed by atoms with Gasteiger partial charge in [-0.3, -0.25) is 4.90 Å². The van der Waals surface area contributed by atoms with Crippen molar-refractivity contribution in [1.82, 2.24) is 19.4 Å². The molecule has 1 aromatic heterocycles. The highest BCUT2D eigenvalue weighted by Crippen LogP contribution is 2.17. The monoisotopic (exact) mass is 409 g/mol. The fourth-order valence-corrected chi connectivity index (χ4v) is 3.62. The van der Waals surface area contributed by atoms with Crippen molar-refractivity contribution in [2.45, 2.75) is 6.54 Å². The van der Waals surface area contributed by atoms with E-state index >= 15 is 0 Å². The van der Waals surface area contributed by atoms with Crippen LogP contribution in [0.2, 0.25) is 5.02 Å². The molecule has 0 radical (unpaired) electrons. The number of urea groups is 1. The molecule has 1 N–H and O–H groups in total. The van der Waals surface area contributed by atoms with Gasteiger partial charge in [0.05, 0.1) is 0 Å². The van der Waals surface area contributed by atoms with Gasteiger partial charge in [-0.05, 0) is 24.3 Å². The van der Waals surface area contributed by atoms with Crippen molar-refractivity contribution in [3.63, 3.8) is 0 Å². The number of amides is 2. The van der Waals surface area contributed by atoms with E-state index < -0.39 is 0 Å². The van der Waals surface area contributed by atoms with Gasteiger partial charge < -0.3 is 14.8 Å². The normalized spacial score (nSPS) is 14.7. The van der Waals surface area contributed by atoms with Gasteiger partial charge >= 0.3 is 6.03 Å². The molecule has 3 aromatic rings. The molecule has 0 aliphatic carbocycles. The van der Waals surface area contributed by atoms with Gasteiger partial charge in [0.1, 0.15) is 5.82 Å². The minimum atomic E-state index is -0.0621. The van der Waals surface area contributed by atoms with Crippen LogP contribution < -0.4 is 5.32 Å². The quantitative estimate of drug-likeness (QED) is 0.691. The molecule has 0 spiro atoms. The SMILES string of the molecule is O=C(Nc1ccc(Cl)cc1)N1CCN(CCn2ccnc2-c2ccccc2)CC1. The smallest absolute Gasteiger partial charge is 0.321 e. The summed E-state index contributed by atoms with van der Waals surface area (Å²) in [6.07, 6.45) is 3.87. The second-order valence-corrected chi connectivity index (χ2v) is 7.51. The van der Waals surface area contributed by atoms with Crippen LogP contribution in [0, 0.1) is 0 Å². The number of piperazine rings is 1. The lowest BCUT2D eigenvalue weighted by Crippen LogP contribution is -2.50. The fraction of sp³-hybridized carbons (Fsp3) is 0.273. The minimum Gasteiger partial charge on any atom is -0.330 e. The number of nitrogens with one attached hydrogen (secondary N) is 1. The maximum atomic E-state index is 12.5. The van der Waals surface area contributed by atoms with E-state index in [1.165, 1.54) is 0 Å². The van der Waals surface area contributed by atoms with Crippen molar-refractivity contribution in [1.29, 1.82) is 0 Å². The number of rotatable bonds is 5. The number of carbonyl (C=O) groups excluding carboxylic acids is 1. The standard InChI is InChI=1S/C22H24ClN5O/c23-19-6-8-20(9-7-19)25-22(29)28-16-13-26(14-17-28)12-15-27-11-10-24-21(27)18-4-2-1-3-5-18/h1-11H,12-17H2,(H,25,29). The second-order valence-electron chi connectivity index (χ2n) is 7.08. The largest absolute Gasteiger partial charge is 0.330 e. The van der Waals surface area contributed by atoms with Gasteiger partial charge in [0, 0.05) is 67.9 Å². The number of hydrogen-bond acceptors (Lipinski definition) is 3. The lowest BCUT2D eigenvalue weighted by molar-refractivity contribution is 0.144. The summed E-state index contributed by atoms with van der Waals surface area (Å²) >= 11 is 5.89. The van der Waals surface area contributed by atoms with Crippen LogP contribution in [0.1, 0.15) is 0 Å². The summed E-state index contributed by atoms with van der Waals surface area (Å²) in [5, 5.41) is 3.59. The van der Waals surface area contributed by atoms with Crippen molar-refractivity contribution in [2.75, 3.05) is 38.0 Å². The Hall–Kier alpha value is -2.83. The van der Waals surface area contributed by atoms with Crippen molar-refractivity contribution in [2.24, 2.45) is 0 Å². The molecule has 2 amide bonds. The van der Waals surface area contributed by atoms with Crippen LogP contribution in [-0.2, 0) is 6.54 Å².